The first-order valence-corrected chi connectivity index (χ1v) is 13.4. The van der Waals surface area contributed by atoms with Crippen LogP contribution < -0.4 is 16.0 Å². The molecule has 0 aromatic heterocycles. The van der Waals surface area contributed by atoms with E-state index in [1.54, 1.807) is 37.3 Å². The predicted molar refractivity (Wildman–Crippen MR) is 154 cm³/mol. The topological polar surface area (TPSA) is 143 Å². The van der Waals surface area contributed by atoms with E-state index in [2.05, 4.69) is 29.1 Å². The normalized spacial score (nSPS) is 13.4. The number of alkyl carbamates (subject to hydrolysis) is 1. The van der Waals surface area contributed by atoms with Crippen LogP contribution in [0.2, 0.25) is 0 Å². The molecule has 0 saturated heterocycles. The Bertz CT molecular complexity index is 1140. The van der Waals surface area contributed by atoms with Gasteiger partial charge in [-0.1, -0.05) is 72.8 Å². The van der Waals surface area contributed by atoms with Gasteiger partial charge in [0.15, 0.2) is 0 Å². The molecule has 2 aromatic carbocycles. The minimum atomic E-state index is -1.05. The molecule has 10 heteroatoms. The lowest BCUT2D eigenvalue weighted by atomic mass is 9.98. The van der Waals surface area contributed by atoms with Gasteiger partial charge >= 0.3 is 12.1 Å². The first-order valence-electron chi connectivity index (χ1n) is 13.4. The SMILES string of the molecule is C=CC[C@@H](CC(=O)N[C@@H](C)CO)C(=O)N[C@@H](COC(=O)[C@@H](CC=C)NC(=O)OCc1ccccc1)c1ccccc1. The summed E-state index contributed by atoms with van der Waals surface area (Å²) in [5.74, 6) is -2.26. The lowest BCUT2D eigenvalue weighted by Gasteiger charge is -2.24. The number of hydrogen-bond acceptors (Lipinski definition) is 7. The number of carbonyl (C=O) groups excluding carboxylic acids is 4. The van der Waals surface area contributed by atoms with Gasteiger partial charge in [-0.3, -0.25) is 9.59 Å². The van der Waals surface area contributed by atoms with Crippen LogP contribution in [0.1, 0.15) is 43.4 Å². The summed E-state index contributed by atoms with van der Waals surface area (Å²) in [5, 5.41) is 17.2. The smallest absolute Gasteiger partial charge is 0.408 e. The minimum Gasteiger partial charge on any atom is -0.462 e. The predicted octanol–water partition coefficient (Wildman–Crippen LogP) is 3.34. The summed E-state index contributed by atoms with van der Waals surface area (Å²) in [6.45, 7) is 8.56. The Morgan fingerprint density at radius 2 is 1.51 bits per heavy atom. The molecule has 0 heterocycles. The van der Waals surface area contributed by atoms with E-state index in [0.717, 1.165) is 5.56 Å². The van der Waals surface area contributed by atoms with Gasteiger partial charge in [0.1, 0.15) is 19.3 Å². The van der Waals surface area contributed by atoms with Crippen molar-refractivity contribution in [3.8, 4) is 0 Å². The Hall–Kier alpha value is -4.44. The molecule has 0 unspecified atom stereocenters. The molecule has 220 valence electrons. The molecule has 41 heavy (non-hydrogen) atoms. The van der Waals surface area contributed by atoms with Crippen LogP contribution in [0, 0.1) is 5.92 Å². The van der Waals surface area contributed by atoms with E-state index in [1.165, 1.54) is 6.08 Å². The van der Waals surface area contributed by atoms with E-state index >= 15 is 0 Å². The van der Waals surface area contributed by atoms with E-state index in [9.17, 15) is 24.3 Å². The molecule has 3 amide bonds. The highest BCUT2D eigenvalue weighted by atomic mass is 16.6. The number of amides is 3. The minimum absolute atomic E-state index is 0.0352. The third-order valence-corrected chi connectivity index (χ3v) is 6.04. The highest BCUT2D eigenvalue weighted by molar-refractivity contribution is 5.86. The summed E-state index contributed by atoms with van der Waals surface area (Å²) in [6, 6.07) is 15.8. The fourth-order valence-electron chi connectivity index (χ4n) is 3.84. The first-order chi connectivity index (χ1) is 19.8. The number of ether oxygens (including phenoxy) is 2. The molecule has 4 atom stereocenters. The molecule has 0 fully saturated rings. The molecule has 0 aliphatic carbocycles. The number of nitrogens with one attached hydrogen (secondary N) is 3. The average Bonchev–Trinajstić information content (AvgIpc) is 2.98. The van der Waals surface area contributed by atoms with Crippen LogP contribution in [0.4, 0.5) is 4.79 Å². The Labute approximate surface area is 240 Å². The van der Waals surface area contributed by atoms with Gasteiger partial charge < -0.3 is 30.5 Å². The molecule has 0 bridgehead atoms. The van der Waals surface area contributed by atoms with E-state index in [1.807, 2.05) is 36.4 Å². The van der Waals surface area contributed by atoms with Crippen molar-refractivity contribution < 1.29 is 33.8 Å². The Kier molecular flexibility index (Phi) is 14.4. The number of rotatable bonds is 17. The Morgan fingerprint density at radius 3 is 2.12 bits per heavy atom. The van der Waals surface area contributed by atoms with Gasteiger partial charge in [-0.25, -0.2) is 9.59 Å². The lowest BCUT2D eigenvalue weighted by molar-refractivity contribution is -0.147. The van der Waals surface area contributed by atoms with E-state index < -0.39 is 42.0 Å². The molecule has 0 radical (unpaired) electrons. The van der Waals surface area contributed by atoms with E-state index in [4.69, 9.17) is 9.47 Å². The zero-order chi connectivity index (χ0) is 30.0. The van der Waals surface area contributed by atoms with Crippen LogP contribution >= 0.6 is 0 Å². The largest absolute Gasteiger partial charge is 0.462 e. The quantitative estimate of drug-likeness (QED) is 0.170. The zero-order valence-corrected chi connectivity index (χ0v) is 23.3. The van der Waals surface area contributed by atoms with Crippen LogP contribution in [-0.2, 0) is 30.5 Å². The van der Waals surface area contributed by atoms with Gasteiger partial charge in [-0.15, -0.1) is 13.2 Å². The van der Waals surface area contributed by atoms with Crippen molar-refractivity contribution in [2.24, 2.45) is 5.92 Å². The van der Waals surface area contributed by atoms with Crippen molar-refractivity contribution in [2.75, 3.05) is 13.2 Å². The molecule has 10 nitrogen and oxygen atoms in total. The maximum Gasteiger partial charge on any atom is 0.408 e. The van der Waals surface area contributed by atoms with Crippen LogP contribution in [0.25, 0.3) is 0 Å². The highest BCUT2D eigenvalue weighted by Gasteiger charge is 2.27. The number of benzene rings is 2. The van der Waals surface area contributed by atoms with Gasteiger partial charge in [0, 0.05) is 12.5 Å². The first kappa shape index (κ1) is 32.8. The second kappa shape index (κ2) is 18.0. The maximum atomic E-state index is 13.2. The summed E-state index contributed by atoms with van der Waals surface area (Å²) in [7, 11) is 0. The van der Waals surface area contributed by atoms with Crippen molar-refractivity contribution in [1.82, 2.24) is 16.0 Å². The van der Waals surface area contributed by atoms with Crippen molar-refractivity contribution >= 4 is 23.9 Å². The number of carbonyl (C=O) groups is 4. The summed E-state index contributed by atoms with van der Waals surface area (Å²) in [6.07, 6.45) is 2.47. The van der Waals surface area contributed by atoms with Crippen molar-refractivity contribution in [3.63, 3.8) is 0 Å². The number of hydrogen-bond donors (Lipinski definition) is 4. The van der Waals surface area contributed by atoms with Gasteiger partial charge in [0.2, 0.25) is 11.8 Å². The standard InChI is InChI=1S/C31H39N3O7/c1-4-12-25(18-28(36)32-22(3)19-35)29(37)33-27(24-16-10-7-11-17-24)21-40-30(38)26(13-5-2)34-31(39)41-20-23-14-8-6-9-15-23/h4-11,14-17,22,25-27,35H,1-2,12-13,18-21H2,3H3,(H,32,36)(H,33,37)(H,34,39)/t22-,25-,26+,27-/m0/s1. The second-order valence-electron chi connectivity index (χ2n) is 9.46. The molecule has 0 aliphatic rings. The van der Waals surface area contributed by atoms with Gasteiger partial charge in [0.05, 0.1) is 18.6 Å². The average molecular weight is 566 g/mol. The second-order valence-corrected chi connectivity index (χ2v) is 9.46. The van der Waals surface area contributed by atoms with Gasteiger partial charge in [-0.2, -0.15) is 0 Å². The fraction of sp³-hybridized carbons (Fsp3) is 0.355. The fourth-order valence-corrected chi connectivity index (χ4v) is 3.84. The summed E-state index contributed by atoms with van der Waals surface area (Å²) >= 11 is 0. The van der Waals surface area contributed by atoms with Crippen LogP contribution in [-0.4, -0.2) is 54.3 Å². The molecular formula is C31H39N3O7. The number of aliphatic hydroxyl groups is 1. The van der Waals surface area contributed by atoms with Crippen molar-refractivity contribution in [2.45, 2.75) is 50.9 Å². The molecule has 2 rings (SSSR count). The molecule has 0 spiro atoms. The summed E-state index contributed by atoms with van der Waals surface area (Å²) in [4.78, 5) is 50.8. The highest BCUT2D eigenvalue weighted by Crippen LogP contribution is 2.18. The summed E-state index contributed by atoms with van der Waals surface area (Å²) < 4.78 is 10.7. The maximum absolute atomic E-state index is 13.2. The van der Waals surface area contributed by atoms with Crippen molar-refractivity contribution in [1.29, 1.82) is 0 Å². The molecular weight excluding hydrogens is 526 g/mol. The Balaban J connectivity index is 2.05. The molecule has 0 aliphatic heterocycles. The van der Waals surface area contributed by atoms with Crippen LogP contribution in [0.15, 0.2) is 86.0 Å². The number of aliphatic hydroxyl groups excluding tert-OH is 1. The van der Waals surface area contributed by atoms with Gasteiger partial charge in [-0.05, 0) is 30.9 Å². The van der Waals surface area contributed by atoms with E-state index in [0.29, 0.717) is 5.56 Å². The molecule has 2 aromatic rings. The van der Waals surface area contributed by atoms with Crippen molar-refractivity contribution in [3.05, 3.63) is 97.1 Å². The third-order valence-electron chi connectivity index (χ3n) is 6.04. The lowest BCUT2D eigenvalue weighted by Crippen LogP contribution is -2.43. The monoisotopic (exact) mass is 565 g/mol. The van der Waals surface area contributed by atoms with Crippen LogP contribution in [0.5, 0.6) is 0 Å². The van der Waals surface area contributed by atoms with Crippen LogP contribution in [0.3, 0.4) is 0 Å². The third kappa shape index (κ3) is 12.1. The molecule has 0 saturated carbocycles. The van der Waals surface area contributed by atoms with E-state index in [-0.39, 0.29) is 45.0 Å². The van der Waals surface area contributed by atoms with Gasteiger partial charge in [0.25, 0.3) is 0 Å². The number of allylic oxidation sites excluding steroid dienone is 1. The Morgan fingerprint density at radius 1 is 0.878 bits per heavy atom. The zero-order valence-electron chi connectivity index (χ0n) is 23.3. The molecule has 4 N–H and O–H groups in total. The summed E-state index contributed by atoms with van der Waals surface area (Å²) in [5.41, 5.74) is 1.47. The number of esters is 1.